The number of benzene rings is 1. The van der Waals surface area contributed by atoms with E-state index < -0.39 is 47.6 Å². The number of aromatic nitrogens is 2. The second-order valence-electron chi connectivity index (χ2n) is 8.25. The molecule has 7 nitrogen and oxygen atoms in total. The molecule has 1 saturated heterocycles. The van der Waals surface area contributed by atoms with Crippen molar-refractivity contribution in [2.75, 3.05) is 18.4 Å². The van der Waals surface area contributed by atoms with Gasteiger partial charge in [0, 0.05) is 31.6 Å². The largest absolute Gasteiger partial charge is 0.619 e. The summed E-state index contributed by atoms with van der Waals surface area (Å²) in [7, 11) is 0. The third-order valence-corrected chi connectivity index (χ3v) is 5.94. The molecule has 2 atom stereocenters. The monoisotopic (exact) mass is 490 g/mol. The summed E-state index contributed by atoms with van der Waals surface area (Å²) in [6.45, 7) is 1.55. The van der Waals surface area contributed by atoms with Gasteiger partial charge in [-0.3, -0.25) is 9.69 Å². The Labute approximate surface area is 198 Å². The number of carbonyl (C=O) groups excluding carboxylic acids is 1. The fourth-order valence-electron chi connectivity index (χ4n) is 3.89. The fourth-order valence-corrected chi connectivity index (χ4v) is 3.89. The van der Waals surface area contributed by atoms with Crippen LogP contribution in [0, 0.1) is 16.8 Å². The number of anilines is 1. The van der Waals surface area contributed by atoms with Crippen molar-refractivity contribution in [3.8, 4) is 11.5 Å². The highest BCUT2D eigenvalue weighted by Gasteiger charge is 2.46. The molecule has 1 amide bonds. The molecule has 11 heteroatoms. The lowest BCUT2D eigenvalue weighted by molar-refractivity contribution is -0.605. The number of carbonyl (C=O) groups is 1. The van der Waals surface area contributed by atoms with Gasteiger partial charge in [0.15, 0.2) is 29.8 Å². The molecule has 1 aromatic carbocycles. The van der Waals surface area contributed by atoms with Crippen molar-refractivity contribution >= 4 is 11.7 Å². The van der Waals surface area contributed by atoms with Crippen LogP contribution in [0.15, 0.2) is 61.1 Å². The first-order chi connectivity index (χ1) is 16.6. The standard InChI is InChI=1S/C24H22F4N4O3/c1-15(31-12-9-24(27,28)18(14-31)16-7-10-32(34)11-8-16)23(33)30-21-6-5-17(13-29-21)35-22-19(25)3-2-4-20(22)26/h2-8,10-11,13,15,18H,9,12,14H2,1H3,(H,29,30,33)/t15-,18+/m0/s1. The molecule has 4 rings (SSSR count). The first kappa shape index (κ1) is 24.4. The number of alkyl halides is 2. The minimum absolute atomic E-state index is 0.0148. The topological polar surface area (TPSA) is 81.4 Å². The molecule has 0 spiro atoms. The van der Waals surface area contributed by atoms with Gasteiger partial charge in [-0.1, -0.05) is 6.07 Å². The number of rotatable bonds is 6. The van der Waals surface area contributed by atoms with Gasteiger partial charge in [-0.15, -0.1) is 0 Å². The molecule has 3 heterocycles. The lowest BCUT2D eigenvalue weighted by Crippen LogP contribution is -2.52. The van der Waals surface area contributed by atoms with E-state index in [2.05, 4.69) is 10.3 Å². The number of pyridine rings is 2. The highest BCUT2D eigenvalue weighted by Crippen LogP contribution is 2.40. The Bertz CT molecular complexity index is 1170. The number of likely N-dealkylation sites (tertiary alicyclic amines) is 1. The van der Waals surface area contributed by atoms with Gasteiger partial charge in [-0.2, -0.15) is 4.73 Å². The Morgan fingerprint density at radius 2 is 1.89 bits per heavy atom. The number of hydrogen-bond donors (Lipinski definition) is 1. The van der Waals surface area contributed by atoms with Crippen molar-refractivity contribution < 1.29 is 31.8 Å². The van der Waals surface area contributed by atoms with E-state index in [-0.39, 0.29) is 24.7 Å². The molecule has 0 saturated carbocycles. The molecule has 0 radical (unpaired) electrons. The Morgan fingerprint density at radius 1 is 1.20 bits per heavy atom. The van der Waals surface area contributed by atoms with Crippen molar-refractivity contribution in [2.45, 2.75) is 31.2 Å². The molecule has 1 aliphatic rings. The zero-order valence-corrected chi connectivity index (χ0v) is 18.6. The molecule has 2 aromatic heterocycles. The highest BCUT2D eigenvalue weighted by atomic mass is 19.3. The van der Waals surface area contributed by atoms with E-state index in [0.29, 0.717) is 10.3 Å². The molecule has 1 N–H and O–H groups in total. The summed E-state index contributed by atoms with van der Waals surface area (Å²) in [5.41, 5.74) is 0.322. The van der Waals surface area contributed by atoms with Crippen LogP contribution in [0.1, 0.15) is 24.8 Å². The number of piperidine rings is 1. The van der Waals surface area contributed by atoms with Crippen molar-refractivity contribution in [3.05, 3.63) is 83.5 Å². The third-order valence-electron chi connectivity index (χ3n) is 5.94. The number of amides is 1. The van der Waals surface area contributed by atoms with Crippen molar-refractivity contribution in [1.29, 1.82) is 0 Å². The molecule has 184 valence electrons. The highest BCUT2D eigenvalue weighted by molar-refractivity contribution is 5.93. The van der Waals surface area contributed by atoms with E-state index in [9.17, 15) is 27.6 Å². The van der Waals surface area contributed by atoms with E-state index >= 15 is 0 Å². The van der Waals surface area contributed by atoms with E-state index in [1.165, 1.54) is 48.9 Å². The van der Waals surface area contributed by atoms with Gasteiger partial charge in [0.05, 0.1) is 18.2 Å². The number of hydrogen-bond acceptors (Lipinski definition) is 5. The quantitative estimate of drug-likeness (QED) is 0.318. The average Bonchev–Trinajstić information content (AvgIpc) is 2.83. The van der Waals surface area contributed by atoms with Crippen LogP contribution >= 0.6 is 0 Å². The smallest absolute Gasteiger partial charge is 0.257 e. The van der Waals surface area contributed by atoms with Gasteiger partial charge in [0.1, 0.15) is 11.6 Å². The van der Waals surface area contributed by atoms with Crippen LogP contribution < -0.4 is 14.8 Å². The minimum Gasteiger partial charge on any atom is -0.619 e. The summed E-state index contributed by atoms with van der Waals surface area (Å²) in [5, 5.41) is 13.9. The Morgan fingerprint density at radius 3 is 2.51 bits per heavy atom. The van der Waals surface area contributed by atoms with E-state index in [1.807, 2.05) is 0 Å². The van der Waals surface area contributed by atoms with Crippen LogP contribution in [0.4, 0.5) is 23.4 Å². The maximum Gasteiger partial charge on any atom is 0.257 e. The van der Waals surface area contributed by atoms with Crippen molar-refractivity contribution in [1.82, 2.24) is 9.88 Å². The second-order valence-corrected chi connectivity index (χ2v) is 8.25. The molecular weight excluding hydrogens is 468 g/mol. The second kappa shape index (κ2) is 9.87. The summed E-state index contributed by atoms with van der Waals surface area (Å²) in [6.07, 6.45) is 3.10. The summed E-state index contributed by atoms with van der Waals surface area (Å²) >= 11 is 0. The predicted octanol–water partition coefficient (Wildman–Crippen LogP) is 4.24. The summed E-state index contributed by atoms with van der Waals surface area (Å²) in [5.74, 6) is -6.69. The summed E-state index contributed by atoms with van der Waals surface area (Å²) < 4.78 is 62.4. The molecule has 0 bridgehead atoms. The van der Waals surface area contributed by atoms with Crippen LogP contribution in [0.3, 0.4) is 0 Å². The minimum atomic E-state index is -2.98. The van der Waals surface area contributed by atoms with Crippen LogP contribution in [-0.4, -0.2) is 40.8 Å². The molecular formula is C24H22F4N4O3. The number of halogens is 4. The number of para-hydroxylation sites is 1. The Hall–Kier alpha value is -3.73. The molecule has 3 aromatic rings. The van der Waals surface area contributed by atoms with Gasteiger partial charge >= 0.3 is 0 Å². The van der Waals surface area contributed by atoms with Gasteiger partial charge in [0.2, 0.25) is 5.91 Å². The van der Waals surface area contributed by atoms with E-state index in [4.69, 9.17) is 4.74 Å². The first-order valence-electron chi connectivity index (χ1n) is 10.8. The van der Waals surface area contributed by atoms with Crippen LogP contribution in [-0.2, 0) is 4.79 Å². The zero-order chi connectivity index (χ0) is 25.2. The zero-order valence-electron chi connectivity index (χ0n) is 18.6. The molecule has 1 fully saturated rings. The SMILES string of the molecule is C[C@@H](C(=O)Nc1ccc(Oc2c(F)cccc2F)cn1)N1CCC(F)(F)[C@@H](c2cc[n+]([O-])cc2)C1. The van der Waals surface area contributed by atoms with Crippen molar-refractivity contribution in [2.24, 2.45) is 0 Å². The Kier molecular flexibility index (Phi) is 6.88. The lowest BCUT2D eigenvalue weighted by Gasteiger charge is -2.40. The van der Waals surface area contributed by atoms with Crippen LogP contribution in [0.5, 0.6) is 11.5 Å². The molecule has 1 aliphatic heterocycles. The maximum absolute atomic E-state index is 14.6. The average molecular weight is 490 g/mol. The number of nitrogens with zero attached hydrogens (tertiary/aromatic N) is 3. The summed E-state index contributed by atoms with van der Waals surface area (Å²) in [6, 6.07) is 8.08. The van der Waals surface area contributed by atoms with Crippen LogP contribution in [0.2, 0.25) is 0 Å². The lowest BCUT2D eigenvalue weighted by atomic mass is 9.87. The maximum atomic E-state index is 14.6. The third kappa shape index (κ3) is 5.51. The molecule has 0 unspecified atom stereocenters. The first-order valence-corrected chi connectivity index (χ1v) is 10.8. The normalized spacial score (nSPS) is 18.6. The fraction of sp³-hybridized carbons (Fsp3) is 0.292. The van der Waals surface area contributed by atoms with Gasteiger partial charge in [-0.25, -0.2) is 22.5 Å². The number of nitrogens with one attached hydrogen (secondary N) is 1. The van der Waals surface area contributed by atoms with Crippen molar-refractivity contribution in [3.63, 3.8) is 0 Å². The van der Waals surface area contributed by atoms with E-state index in [1.54, 1.807) is 11.8 Å². The molecule has 0 aliphatic carbocycles. The Balaban J connectivity index is 1.40. The summed E-state index contributed by atoms with van der Waals surface area (Å²) in [4.78, 5) is 18.4. The van der Waals surface area contributed by atoms with Gasteiger partial charge in [-0.05, 0) is 36.8 Å². The number of ether oxygens (including phenoxy) is 1. The van der Waals surface area contributed by atoms with Gasteiger partial charge in [0.25, 0.3) is 5.92 Å². The molecule has 35 heavy (non-hydrogen) atoms. The van der Waals surface area contributed by atoms with Crippen LogP contribution in [0.25, 0.3) is 0 Å². The predicted molar refractivity (Wildman–Crippen MR) is 118 cm³/mol. The van der Waals surface area contributed by atoms with Gasteiger partial charge < -0.3 is 15.3 Å². The van der Waals surface area contributed by atoms with E-state index in [0.717, 1.165) is 12.1 Å².